The molecule has 0 saturated carbocycles. The minimum Gasteiger partial charge on any atom is -0.457 e. The van der Waals surface area contributed by atoms with E-state index in [2.05, 4.69) is 17.5 Å². The first kappa shape index (κ1) is 15.6. The number of hydrogen-bond acceptors (Lipinski definition) is 3. The Morgan fingerprint density at radius 2 is 2.05 bits per heavy atom. The monoisotopic (exact) mass is 340 g/mol. The zero-order chi connectivity index (χ0) is 15.4. The molecule has 0 aliphatic rings. The van der Waals surface area contributed by atoms with Crippen LogP contribution in [0.15, 0.2) is 40.8 Å². The number of hydrogen-bond donors (Lipinski definition) is 2. The summed E-state index contributed by atoms with van der Waals surface area (Å²) in [5.74, 6) is 0.609. The van der Waals surface area contributed by atoms with Crippen LogP contribution in [0.1, 0.15) is 5.76 Å². The van der Waals surface area contributed by atoms with Gasteiger partial charge < -0.3 is 10.2 Å². The van der Waals surface area contributed by atoms with Gasteiger partial charge in [-0.15, -0.1) is 0 Å². The predicted molar refractivity (Wildman–Crippen MR) is 88.1 cm³/mol. The molecule has 0 aliphatic heterocycles. The Morgan fingerprint density at radius 3 is 2.76 bits per heavy atom. The van der Waals surface area contributed by atoms with Crippen LogP contribution in [-0.4, -0.2) is 11.0 Å². The first-order chi connectivity index (χ1) is 9.95. The fourth-order valence-corrected chi connectivity index (χ4v) is 2.08. The number of carbonyl (C=O) groups excluding carboxylic acids is 1. The van der Waals surface area contributed by atoms with E-state index >= 15 is 0 Å². The molecule has 2 rings (SSSR count). The average Bonchev–Trinajstić information content (AvgIpc) is 2.87. The van der Waals surface area contributed by atoms with Crippen molar-refractivity contribution in [3.05, 3.63) is 52.2 Å². The number of thiocarbonyl (C=S) groups is 1. The number of nitrogens with one attached hydrogen (secondary N) is 1. The van der Waals surface area contributed by atoms with Gasteiger partial charge >= 0.3 is 0 Å². The second kappa shape index (κ2) is 6.76. The van der Waals surface area contributed by atoms with E-state index in [-0.39, 0.29) is 5.11 Å². The quantitative estimate of drug-likeness (QED) is 0.661. The molecule has 0 bridgehead atoms. The third-order valence-electron chi connectivity index (χ3n) is 2.47. The van der Waals surface area contributed by atoms with Gasteiger partial charge in [0.15, 0.2) is 5.11 Å². The van der Waals surface area contributed by atoms with Gasteiger partial charge in [0.1, 0.15) is 11.5 Å². The summed E-state index contributed by atoms with van der Waals surface area (Å²) >= 11 is 16.6. The first-order valence-corrected chi connectivity index (χ1v) is 6.96. The van der Waals surface area contributed by atoms with Crippen LogP contribution in [0.5, 0.6) is 0 Å². The summed E-state index contributed by atoms with van der Waals surface area (Å²) < 4.78 is 5.59. The molecule has 0 spiro atoms. The van der Waals surface area contributed by atoms with Gasteiger partial charge in [-0.3, -0.25) is 10.1 Å². The second-order valence-corrected chi connectivity index (χ2v) is 5.30. The van der Waals surface area contributed by atoms with E-state index in [0.29, 0.717) is 27.1 Å². The van der Waals surface area contributed by atoms with Gasteiger partial charge in [-0.2, -0.15) is 0 Å². The van der Waals surface area contributed by atoms with Crippen molar-refractivity contribution in [3.8, 4) is 11.3 Å². The highest BCUT2D eigenvalue weighted by Gasteiger charge is 2.08. The maximum atomic E-state index is 11.4. The lowest BCUT2D eigenvalue weighted by Gasteiger charge is -2.01. The summed E-state index contributed by atoms with van der Waals surface area (Å²) in [5, 5.41) is 3.26. The number of carbonyl (C=O) groups is 1. The molecule has 1 heterocycles. The number of furan rings is 1. The maximum absolute atomic E-state index is 11.4. The summed E-state index contributed by atoms with van der Waals surface area (Å²) in [4.78, 5) is 11.4. The fraction of sp³-hybridized carbons (Fsp3) is 0. The molecular formula is C14H10Cl2N2O2S. The van der Waals surface area contributed by atoms with E-state index in [1.165, 1.54) is 12.2 Å². The second-order valence-electron chi connectivity index (χ2n) is 4.01. The summed E-state index contributed by atoms with van der Waals surface area (Å²) in [6.45, 7) is 0. The third-order valence-corrected chi connectivity index (χ3v) is 3.13. The number of amides is 1. The molecule has 2 aromatic rings. The van der Waals surface area contributed by atoms with Crippen molar-refractivity contribution in [2.24, 2.45) is 5.73 Å². The third kappa shape index (κ3) is 4.32. The lowest BCUT2D eigenvalue weighted by molar-refractivity contribution is -0.115. The largest absolute Gasteiger partial charge is 0.457 e. The van der Waals surface area contributed by atoms with Crippen molar-refractivity contribution in [3.63, 3.8) is 0 Å². The van der Waals surface area contributed by atoms with E-state index in [0.717, 1.165) is 0 Å². The van der Waals surface area contributed by atoms with E-state index in [4.69, 9.17) is 33.4 Å². The van der Waals surface area contributed by atoms with Gasteiger partial charge in [0.25, 0.3) is 0 Å². The average molecular weight is 341 g/mol. The van der Waals surface area contributed by atoms with Gasteiger partial charge in [-0.05, 0) is 48.6 Å². The molecule has 3 N–H and O–H groups in total. The van der Waals surface area contributed by atoms with Gasteiger partial charge in [-0.1, -0.05) is 23.2 Å². The molecule has 1 aromatic carbocycles. The highest BCUT2D eigenvalue weighted by Crippen LogP contribution is 2.31. The molecule has 0 saturated heterocycles. The normalized spacial score (nSPS) is 10.8. The Morgan fingerprint density at radius 1 is 1.29 bits per heavy atom. The molecule has 0 unspecified atom stereocenters. The molecule has 0 fully saturated rings. The number of halogens is 2. The zero-order valence-electron chi connectivity index (χ0n) is 10.6. The minimum atomic E-state index is -0.429. The molecular weight excluding hydrogens is 331 g/mol. The van der Waals surface area contributed by atoms with Crippen LogP contribution in [0.3, 0.4) is 0 Å². The van der Waals surface area contributed by atoms with Gasteiger partial charge in [-0.25, -0.2) is 0 Å². The van der Waals surface area contributed by atoms with Crippen LogP contribution in [0.25, 0.3) is 17.4 Å². The van der Waals surface area contributed by atoms with E-state index < -0.39 is 5.91 Å². The van der Waals surface area contributed by atoms with Crippen LogP contribution < -0.4 is 11.1 Å². The van der Waals surface area contributed by atoms with Crippen molar-refractivity contribution in [1.82, 2.24) is 5.32 Å². The highest BCUT2D eigenvalue weighted by atomic mass is 35.5. The van der Waals surface area contributed by atoms with Crippen LogP contribution in [0.4, 0.5) is 0 Å². The zero-order valence-corrected chi connectivity index (χ0v) is 12.9. The molecule has 108 valence electrons. The fourth-order valence-electron chi connectivity index (χ4n) is 1.59. The van der Waals surface area contributed by atoms with E-state index in [9.17, 15) is 4.79 Å². The highest BCUT2D eigenvalue weighted by molar-refractivity contribution is 7.80. The Labute approximate surface area is 136 Å². The summed E-state index contributed by atoms with van der Waals surface area (Å²) in [5.41, 5.74) is 5.87. The maximum Gasteiger partial charge on any atom is 0.250 e. The predicted octanol–water partition coefficient (Wildman–Crippen LogP) is 3.63. The topological polar surface area (TPSA) is 68.3 Å². The molecule has 4 nitrogen and oxygen atoms in total. The summed E-state index contributed by atoms with van der Waals surface area (Å²) in [6.07, 6.45) is 2.76. The van der Waals surface area contributed by atoms with Crippen LogP contribution >= 0.6 is 35.4 Å². The van der Waals surface area contributed by atoms with E-state index in [1.807, 2.05) is 0 Å². The molecule has 1 amide bonds. The van der Waals surface area contributed by atoms with Crippen LogP contribution in [0, 0.1) is 0 Å². The molecule has 0 radical (unpaired) electrons. The SMILES string of the molecule is NC(=S)NC(=O)/C=C/c1ccc(-c2cc(Cl)ccc2Cl)o1. The van der Waals surface area contributed by atoms with Gasteiger partial charge in [0.05, 0.1) is 5.02 Å². The van der Waals surface area contributed by atoms with Crippen molar-refractivity contribution < 1.29 is 9.21 Å². The number of benzene rings is 1. The summed E-state index contributed by atoms with van der Waals surface area (Å²) in [7, 11) is 0. The van der Waals surface area contributed by atoms with Crippen LogP contribution in [-0.2, 0) is 4.79 Å². The van der Waals surface area contributed by atoms with E-state index in [1.54, 1.807) is 30.3 Å². The van der Waals surface area contributed by atoms with Gasteiger partial charge in [0, 0.05) is 16.7 Å². The number of rotatable bonds is 3. The van der Waals surface area contributed by atoms with Crippen molar-refractivity contribution >= 4 is 52.5 Å². The van der Waals surface area contributed by atoms with Crippen LogP contribution in [0.2, 0.25) is 10.0 Å². The molecule has 21 heavy (non-hydrogen) atoms. The Kier molecular flexibility index (Phi) is 5.01. The molecule has 0 atom stereocenters. The minimum absolute atomic E-state index is 0.0875. The summed E-state index contributed by atoms with van der Waals surface area (Å²) in [6, 6.07) is 8.53. The lowest BCUT2D eigenvalue weighted by atomic mass is 10.2. The molecule has 7 heteroatoms. The molecule has 1 aromatic heterocycles. The number of nitrogens with two attached hydrogens (primary N) is 1. The standard InChI is InChI=1S/C14H10Cl2N2O2S/c15-8-1-4-11(16)10(7-8)12-5-2-9(20-12)3-6-13(19)18-14(17)21/h1-7H,(H3,17,18,19,21)/b6-3+. The molecule has 0 aliphatic carbocycles. The Hall–Kier alpha value is -1.82. The van der Waals surface area contributed by atoms with Gasteiger partial charge in [0.2, 0.25) is 5.91 Å². The van der Waals surface area contributed by atoms with Crippen molar-refractivity contribution in [2.75, 3.05) is 0 Å². The lowest BCUT2D eigenvalue weighted by Crippen LogP contribution is -2.33. The Bertz CT molecular complexity index is 726. The first-order valence-electron chi connectivity index (χ1n) is 5.79. The smallest absolute Gasteiger partial charge is 0.250 e. The Balaban J connectivity index is 2.18. The van der Waals surface area contributed by atoms with Crippen molar-refractivity contribution in [1.29, 1.82) is 0 Å². The van der Waals surface area contributed by atoms with Crippen molar-refractivity contribution in [2.45, 2.75) is 0 Å².